The van der Waals surface area contributed by atoms with Crippen LogP contribution in [0.4, 0.5) is 5.82 Å². The summed E-state index contributed by atoms with van der Waals surface area (Å²) in [6.45, 7) is 3.85. The van der Waals surface area contributed by atoms with E-state index in [4.69, 9.17) is 34.2 Å². The Kier molecular flexibility index (Phi) is 4.06. The van der Waals surface area contributed by atoms with Crippen LogP contribution in [0, 0.1) is 0 Å². The number of hydrogen-bond acceptors (Lipinski definition) is 7. The summed E-state index contributed by atoms with van der Waals surface area (Å²) in [5.74, 6) is 1.02. The quantitative estimate of drug-likeness (QED) is 0.585. The van der Waals surface area contributed by atoms with Crippen molar-refractivity contribution in [2.24, 2.45) is 11.5 Å². The van der Waals surface area contributed by atoms with Crippen LogP contribution in [-0.4, -0.2) is 9.85 Å². The van der Waals surface area contributed by atoms with Gasteiger partial charge < -0.3 is 21.9 Å². The third kappa shape index (κ3) is 2.80. The summed E-state index contributed by atoms with van der Waals surface area (Å²) in [6.07, 6.45) is 4.74. The molecule has 5 nitrogen and oxygen atoms in total. The first-order valence-corrected chi connectivity index (χ1v) is 8.19. The zero-order chi connectivity index (χ0) is 16.6. The van der Waals surface area contributed by atoms with Crippen LogP contribution in [0.5, 0.6) is 10.8 Å². The number of hydrogen-bond donors (Lipinski definition) is 3. The summed E-state index contributed by atoms with van der Waals surface area (Å²) in [5.41, 5.74) is 20.6. The van der Waals surface area contributed by atoms with E-state index in [1.165, 1.54) is 11.3 Å². The molecule has 0 aliphatic heterocycles. The lowest BCUT2D eigenvalue weighted by Crippen LogP contribution is -2.14. The molecule has 0 saturated carbocycles. The van der Waals surface area contributed by atoms with Crippen LogP contribution in [0.1, 0.15) is 22.4 Å². The van der Waals surface area contributed by atoms with E-state index in [0.717, 1.165) is 34.4 Å². The molecule has 0 spiro atoms. The molecule has 118 valence electrons. The van der Waals surface area contributed by atoms with E-state index in [9.17, 15) is 0 Å². The van der Waals surface area contributed by atoms with Crippen molar-refractivity contribution in [2.75, 3.05) is 5.73 Å². The van der Waals surface area contributed by atoms with Gasteiger partial charge in [0.25, 0.3) is 0 Å². The van der Waals surface area contributed by atoms with Gasteiger partial charge in [-0.1, -0.05) is 30.1 Å². The molecule has 0 atom stereocenters. The lowest BCUT2D eigenvalue weighted by atomic mass is 9.89. The predicted octanol–water partition coefficient (Wildman–Crippen LogP) is 2.95. The molecule has 7 heteroatoms. The van der Waals surface area contributed by atoms with Crippen LogP contribution >= 0.6 is 23.6 Å². The first-order chi connectivity index (χ1) is 11.0. The molecular weight excluding hydrogens is 328 g/mol. The number of ether oxygens (including phenoxy) is 1. The zero-order valence-corrected chi connectivity index (χ0v) is 14.0. The lowest BCUT2D eigenvalue weighted by Gasteiger charge is -2.18. The summed E-state index contributed by atoms with van der Waals surface area (Å²) in [7, 11) is 0. The smallest absolute Gasteiger partial charge is 0.190 e. The third-order valence-electron chi connectivity index (χ3n) is 3.60. The number of nitrogens with zero attached hydrogens (tertiary/aromatic N) is 1. The highest BCUT2D eigenvalue weighted by atomic mass is 32.1. The number of fused-ring (bicyclic) bond motifs is 1. The van der Waals surface area contributed by atoms with Crippen molar-refractivity contribution in [2.45, 2.75) is 12.8 Å². The van der Waals surface area contributed by atoms with Crippen LogP contribution in [-0.2, 0) is 6.42 Å². The van der Waals surface area contributed by atoms with Gasteiger partial charge in [-0.15, -0.1) is 0 Å². The Bertz CT molecular complexity index is 821. The van der Waals surface area contributed by atoms with Crippen molar-refractivity contribution in [3.63, 3.8) is 0 Å². The SMILES string of the molecule is C=C(N)c1sc(Oc2ccc(N)nc2)c2c1CCC(=CN)C2=S. The number of aromatic nitrogens is 1. The van der Waals surface area contributed by atoms with Crippen molar-refractivity contribution >= 4 is 39.9 Å². The second kappa shape index (κ2) is 6.02. The van der Waals surface area contributed by atoms with Crippen molar-refractivity contribution in [1.29, 1.82) is 0 Å². The predicted molar refractivity (Wildman–Crippen MR) is 98.6 cm³/mol. The Labute approximate surface area is 143 Å². The average molecular weight is 344 g/mol. The molecule has 2 heterocycles. The Morgan fingerprint density at radius 1 is 1.39 bits per heavy atom. The molecule has 0 aromatic carbocycles. The highest BCUT2D eigenvalue weighted by molar-refractivity contribution is 7.81. The van der Waals surface area contributed by atoms with Crippen molar-refractivity contribution in [3.8, 4) is 10.8 Å². The summed E-state index contributed by atoms with van der Waals surface area (Å²) in [6, 6.07) is 3.44. The van der Waals surface area contributed by atoms with Gasteiger partial charge in [0.2, 0.25) is 0 Å². The Morgan fingerprint density at radius 2 is 2.17 bits per heavy atom. The van der Waals surface area contributed by atoms with E-state index in [2.05, 4.69) is 11.6 Å². The van der Waals surface area contributed by atoms with Crippen LogP contribution in [0.25, 0.3) is 5.70 Å². The molecule has 0 amide bonds. The van der Waals surface area contributed by atoms with Crippen LogP contribution < -0.4 is 21.9 Å². The number of allylic oxidation sites excluding steroid dienone is 1. The molecule has 0 saturated heterocycles. The average Bonchev–Trinajstić information content (AvgIpc) is 2.90. The fourth-order valence-electron chi connectivity index (χ4n) is 2.49. The molecule has 0 bridgehead atoms. The first-order valence-electron chi connectivity index (χ1n) is 6.96. The molecule has 0 radical (unpaired) electrons. The minimum absolute atomic E-state index is 0.436. The molecule has 1 aliphatic rings. The number of nitrogen functional groups attached to an aromatic ring is 1. The van der Waals surface area contributed by atoms with Crippen LogP contribution in [0.3, 0.4) is 0 Å². The molecule has 2 aromatic heterocycles. The number of pyridine rings is 1. The third-order valence-corrected chi connectivity index (χ3v) is 5.25. The largest absolute Gasteiger partial charge is 0.444 e. The molecule has 0 fully saturated rings. The van der Waals surface area contributed by atoms with E-state index >= 15 is 0 Å². The van der Waals surface area contributed by atoms with E-state index in [1.807, 2.05) is 0 Å². The zero-order valence-electron chi connectivity index (χ0n) is 12.3. The van der Waals surface area contributed by atoms with E-state index in [-0.39, 0.29) is 0 Å². The molecule has 1 aliphatic carbocycles. The Morgan fingerprint density at radius 3 is 2.78 bits per heavy atom. The highest BCUT2D eigenvalue weighted by Gasteiger charge is 2.29. The number of thiophene rings is 1. The number of anilines is 1. The first kappa shape index (κ1) is 15.5. The second-order valence-electron chi connectivity index (χ2n) is 5.14. The maximum absolute atomic E-state index is 5.97. The minimum Gasteiger partial charge on any atom is -0.444 e. The second-order valence-corrected chi connectivity index (χ2v) is 6.53. The van der Waals surface area contributed by atoms with Gasteiger partial charge >= 0.3 is 0 Å². The van der Waals surface area contributed by atoms with Gasteiger partial charge in [-0.3, -0.25) is 0 Å². The maximum atomic E-state index is 5.97. The molecule has 2 aromatic rings. The summed E-state index contributed by atoms with van der Waals surface area (Å²) in [5, 5.41) is 0.678. The van der Waals surface area contributed by atoms with Crippen LogP contribution in [0.15, 0.2) is 36.7 Å². The highest BCUT2D eigenvalue weighted by Crippen LogP contribution is 2.44. The molecular formula is C16H16N4OS2. The van der Waals surface area contributed by atoms with Gasteiger partial charge in [0.05, 0.1) is 21.5 Å². The topological polar surface area (TPSA) is 100 Å². The Hall–Kier alpha value is -2.38. The van der Waals surface area contributed by atoms with Gasteiger partial charge in [-0.05, 0) is 42.3 Å². The summed E-state index contributed by atoms with van der Waals surface area (Å²) in [4.78, 5) is 5.65. The fraction of sp³-hybridized carbons (Fsp3) is 0.125. The van der Waals surface area contributed by atoms with E-state index < -0.39 is 0 Å². The monoisotopic (exact) mass is 344 g/mol. The lowest BCUT2D eigenvalue weighted by molar-refractivity contribution is 0.493. The van der Waals surface area contributed by atoms with Crippen LogP contribution in [0.2, 0.25) is 0 Å². The maximum Gasteiger partial charge on any atom is 0.190 e. The standard InChI is InChI=1S/C16H16N4OS2/c1-8(18)15-11-4-2-9(6-17)14(22)13(11)16(23-15)21-10-3-5-12(19)20-7-10/h3,5-7H,1-2,4,17-18H2,(H2,19,20). The molecule has 23 heavy (non-hydrogen) atoms. The minimum atomic E-state index is 0.436. The van der Waals surface area contributed by atoms with Gasteiger partial charge in [0.1, 0.15) is 11.6 Å². The van der Waals surface area contributed by atoms with E-state index in [0.29, 0.717) is 27.2 Å². The fourth-order valence-corrected chi connectivity index (χ4v) is 4.05. The van der Waals surface area contributed by atoms with Gasteiger partial charge in [0, 0.05) is 5.70 Å². The van der Waals surface area contributed by atoms with Crippen molar-refractivity contribution in [1.82, 2.24) is 4.98 Å². The van der Waals surface area contributed by atoms with Gasteiger partial charge in [-0.2, -0.15) is 0 Å². The molecule has 3 rings (SSSR count). The Balaban J connectivity index is 2.08. The number of thiocarbonyl (C=S) groups is 1. The number of nitrogens with two attached hydrogens (primary N) is 3. The molecule has 6 N–H and O–H groups in total. The number of rotatable bonds is 3. The van der Waals surface area contributed by atoms with Crippen molar-refractivity contribution < 1.29 is 4.74 Å². The normalized spacial score (nSPS) is 15.5. The van der Waals surface area contributed by atoms with Gasteiger partial charge in [-0.25, -0.2) is 4.98 Å². The molecule has 0 unspecified atom stereocenters. The summed E-state index contributed by atoms with van der Waals surface area (Å²) >= 11 is 7.02. The van der Waals surface area contributed by atoms with Crippen molar-refractivity contribution in [3.05, 3.63) is 52.7 Å². The summed E-state index contributed by atoms with van der Waals surface area (Å²) < 4.78 is 5.97. The van der Waals surface area contributed by atoms with Gasteiger partial charge in [0.15, 0.2) is 5.06 Å². The van der Waals surface area contributed by atoms with E-state index in [1.54, 1.807) is 24.5 Å².